The Morgan fingerprint density at radius 2 is 2.11 bits per heavy atom. The number of halogens is 2. The van der Waals surface area contributed by atoms with Crippen LogP contribution in [0.5, 0.6) is 5.75 Å². The molecule has 0 aliphatic carbocycles. The SMILES string of the molecule is CS(=O)(=O)CCNCCOc1ccc(F)c(Br)c1. The molecule has 0 unspecified atom stereocenters. The topological polar surface area (TPSA) is 55.4 Å². The lowest BCUT2D eigenvalue weighted by molar-refractivity contribution is 0.314. The summed E-state index contributed by atoms with van der Waals surface area (Å²) in [6, 6.07) is 4.40. The Balaban J connectivity index is 2.20. The van der Waals surface area contributed by atoms with Crippen LogP contribution in [0.2, 0.25) is 0 Å². The first kappa shape index (κ1) is 15.4. The Bertz CT molecular complexity index is 493. The van der Waals surface area contributed by atoms with E-state index in [9.17, 15) is 12.8 Å². The quantitative estimate of drug-likeness (QED) is 0.766. The summed E-state index contributed by atoms with van der Waals surface area (Å²) in [6.45, 7) is 1.32. The van der Waals surface area contributed by atoms with Crippen molar-refractivity contribution < 1.29 is 17.5 Å². The number of hydrogen-bond acceptors (Lipinski definition) is 4. The summed E-state index contributed by atoms with van der Waals surface area (Å²) >= 11 is 3.06. The minimum atomic E-state index is -2.93. The van der Waals surface area contributed by atoms with Gasteiger partial charge in [0.15, 0.2) is 0 Å². The van der Waals surface area contributed by atoms with Crippen molar-refractivity contribution in [3.05, 3.63) is 28.5 Å². The molecule has 0 saturated carbocycles. The van der Waals surface area contributed by atoms with Gasteiger partial charge in [-0.05, 0) is 34.1 Å². The molecular formula is C11H15BrFNO3S. The third kappa shape index (κ3) is 6.32. The summed E-state index contributed by atoms with van der Waals surface area (Å²) in [7, 11) is -2.93. The molecule has 0 fully saturated rings. The average Bonchev–Trinajstić information content (AvgIpc) is 2.26. The Labute approximate surface area is 115 Å². The first-order valence-corrected chi connectivity index (χ1v) is 8.20. The number of rotatable bonds is 7. The zero-order valence-electron chi connectivity index (χ0n) is 9.95. The van der Waals surface area contributed by atoms with E-state index in [-0.39, 0.29) is 11.6 Å². The van der Waals surface area contributed by atoms with Crippen molar-refractivity contribution >= 4 is 25.8 Å². The van der Waals surface area contributed by atoms with Crippen molar-refractivity contribution in [3.63, 3.8) is 0 Å². The third-order valence-corrected chi connectivity index (χ3v) is 3.64. The Kier molecular flexibility index (Phi) is 6.04. The van der Waals surface area contributed by atoms with Crippen LogP contribution >= 0.6 is 15.9 Å². The van der Waals surface area contributed by atoms with Crippen LogP contribution in [-0.2, 0) is 9.84 Å². The van der Waals surface area contributed by atoms with E-state index in [2.05, 4.69) is 21.2 Å². The minimum absolute atomic E-state index is 0.106. The molecule has 1 aromatic carbocycles. The van der Waals surface area contributed by atoms with E-state index in [0.29, 0.717) is 29.9 Å². The zero-order chi connectivity index (χ0) is 13.6. The van der Waals surface area contributed by atoms with Crippen molar-refractivity contribution in [1.29, 1.82) is 0 Å². The number of benzene rings is 1. The standard InChI is InChI=1S/C11H15BrFNO3S/c1-18(15,16)7-5-14-4-6-17-9-2-3-11(13)10(12)8-9/h2-3,8,14H,4-7H2,1H3. The molecule has 1 aromatic rings. The van der Waals surface area contributed by atoms with Crippen molar-refractivity contribution in [2.75, 3.05) is 31.7 Å². The van der Waals surface area contributed by atoms with Gasteiger partial charge in [-0.1, -0.05) is 0 Å². The van der Waals surface area contributed by atoms with Gasteiger partial charge in [0, 0.05) is 19.3 Å². The van der Waals surface area contributed by atoms with Crippen LogP contribution < -0.4 is 10.1 Å². The highest BCUT2D eigenvalue weighted by atomic mass is 79.9. The predicted molar refractivity (Wildman–Crippen MR) is 72.2 cm³/mol. The molecular weight excluding hydrogens is 325 g/mol. The first-order valence-electron chi connectivity index (χ1n) is 5.35. The third-order valence-electron chi connectivity index (χ3n) is 2.09. The number of hydrogen-bond donors (Lipinski definition) is 1. The molecule has 0 heterocycles. The molecule has 0 bridgehead atoms. The maximum absolute atomic E-state index is 12.9. The van der Waals surface area contributed by atoms with E-state index in [0.717, 1.165) is 0 Å². The predicted octanol–water partition coefficient (Wildman–Crippen LogP) is 1.60. The summed E-state index contributed by atoms with van der Waals surface area (Å²) in [4.78, 5) is 0. The summed E-state index contributed by atoms with van der Waals surface area (Å²) in [5.41, 5.74) is 0. The first-order chi connectivity index (χ1) is 8.38. The van der Waals surface area contributed by atoms with Crippen LogP contribution in [0.3, 0.4) is 0 Å². The Hall–Kier alpha value is -0.660. The molecule has 102 valence electrons. The number of nitrogens with one attached hydrogen (secondary N) is 1. The van der Waals surface area contributed by atoms with Crippen molar-refractivity contribution in [2.45, 2.75) is 0 Å². The fourth-order valence-corrected chi connectivity index (χ4v) is 2.06. The smallest absolute Gasteiger partial charge is 0.148 e. The molecule has 0 aliphatic rings. The highest BCUT2D eigenvalue weighted by Crippen LogP contribution is 2.21. The second-order valence-corrected chi connectivity index (χ2v) is 6.92. The Morgan fingerprint density at radius 3 is 2.72 bits per heavy atom. The van der Waals surface area contributed by atoms with Crippen molar-refractivity contribution in [2.24, 2.45) is 0 Å². The van der Waals surface area contributed by atoms with Gasteiger partial charge in [-0.3, -0.25) is 0 Å². The van der Waals surface area contributed by atoms with Crippen LogP contribution in [0.1, 0.15) is 0 Å². The lowest BCUT2D eigenvalue weighted by Crippen LogP contribution is -2.26. The summed E-state index contributed by atoms with van der Waals surface area (Å²) < 4.78 is 40.3. The molecule has 1 rings (SSSR count). The average molecular weight is 340 g/mol. The van der Waals surface area contributed by atoms with E-state index in [1.54, 1.807) is 6.07 Å². The van der Waals surface area contributed by atoms with E-state index >= 15 is 0 Å². The van der Waals surface area contributed by atoms with E-state index in [1.165, 1.54) is 18.4 Å². The summed E-state index contributed by atoms with van der Waals surface area (Å²) in [5, 5.41) is 2.95. The lowest BCUT2D eigenvalue weighted by Gasteiger charge is -2.07. The number of sulfone groups is 1. The Morgan fingerprint density at radius 1 is 1.39 bits per heavy atom. The maximum atomic E-state index is 12.9. The van der Waals surface area contributed by atoms with Gasteiger partial charge in [-0.2, -0.15) is 0 Å². The summed E-state index contributed by atoms with van der Waals surface area (Å²) in [6.07, 6.45) is 1.20. The molecule has 0 aliphatic heterocycles. The molecule has 0 atom stereocenters. The van der Waals surface area contributed by atoms with Gasteiger partial charge in [0.2, 0.25) is 0 Å². The largest absolute Gasteiger partial charge is 0.492 e. The van der Waals surface area contributed by atoms with Gasteiger partial charge in [-0.15, -0.1) is 0 Å². The van der Waals surface area contributed by atoms with Crippen LogP contribution in [-0.4, -0.2) is 40.1 Å². The van der Waals surface area contributed by atoms with Gasteiger partial charge in [0.05, 0.1) is 10.2 Å². The highest BCUT2D eigenvalue weighted by Gasteiger charge is 2.02. The molecule has 0 radical (unpaired) electrons. The molecule has 0 spiro atoms. The van der Waals surface area contributed by atoms with E-state index < -0.39 is 9.84 Å². The van der Waals surface area contributed by atoms with Crippen LogP contribution in [0.15, 0.2) is 22.7 Å². The van der Waals surface area contributed by atoms with Gasteiger partial charge in [0.25, 0.3) is 0 Å². The van der Waals surface area contributed by atoms with Gasteiger partial charge >= 0.3 is 0 Å². The normalized spacial score (nSPS) is 11.5. The molecule has 7 heteroatoms. The molecule has 4 nitrogen and oxygen atoms in total. The maximum Gasteiger partial charge on any atom is 0.148 e. The fourth-order valence-electron chi connectivity index (χ4n) is 1.19. The molecule has 0 aromatic heterocycles. The van der Waals surface area contributed by atoms with Crippen molar-refractivity contribution in [3.8, 4) is 5.75 Å². The minimum Gasteiger partial charge on any atom is -0.492 e. The number of ether oxygens (including phenoxy) is 1. The van der Waals surface area contributed by atoms with Crippen LogP contribution in [0, 0.1) is 5.82 Å². The van der Waals surface area contributed by atoms with E-state index in [4.69, 9.17) is 4.74 Å². The molecule has 1 N–H and O–H groups in total. The lowest BCUT2D eigenvalue weighted by atomic mass is 10.3. The highest BCUT2D eigenvalue weighted by molar-refractivity contribution is 9.10. The van der Waals surface area contributed by atoms with Crippen LogP contribution in [0.4, 0.5) is 4.39 Å². The van der Waals surface area contributed by atoms with Gasteiger partial charge < -0.3 is 10.1 Å². The fraction of sp³-hybridized carbons (Fsp3) is 0.455. The molecule has 0 saturated heterocycles. The van der Waals surface area contributed by atoms with Crippen molar-refractivity contribution in [1.82, 2.24) is 5.32 Å². The second kappa shape index (κ2) is 7.06. The molecule has 18 heavy (non-hydrogen) atoms. The monoisotopic (exact) mass is 339 g/mol. The van der Waals surface area contributed by atoms with Gasteiger partial charge in [-0.25, -0.2) is 12.8 Å². The zero-order valence-corrected chi connectivity index (χ0v) is 12.4. The second-order valence-electron chi connectivity index (χ2n) is 3.80. The molecule has 0 amide bonds. The van der Waals surface area contributed by atoms with Gasteiger partial charge in [0.1, 0.15) is 28.0 Å². The van der Waals surface area contributed by atoms with Crippen LogP contribution in [0.25, 0.3) is 0 Å². The summed E-state index contributed by atoms with van der Waals surface area (Å²) in [5.74, 6) is 0.330. The van der Waals surface area contributed by atoms with E-state index in [1.807, 2.05) is 0 Å².